The second kappa shape index (κ2) is 6.75. The molecule has 0 aromatic heterocycles. The van der Waals surface area contributed by atoms with E-state index in [0.717, 1.165) is 5.56 Å². The second-order valence-corrected chi connectivity index (χ2v) is 5.32. The highest BCUT2D eigenvalue weighted by Gasteiger charge is 2.14. The number of hydrogen-bond donors (Lipinski definition) is 2. The summed E-state index contributed by atoms with van der Waals surface area (Å²) in [6.07, 6.45) is 0.473. The first-order valence-corrected chi connectivity index (χ1v) is 6.86. The van der Waals surface area contributed by atoms with Crippen molar-refractivity contribution in [2.45, 2.75) is 12.5 Å². The highest BCUT2D eigenvalue weighted by molar-refractivity contribution is 6.35. The zero-order valence-electron chi connectivity index (χ0n) is 10.6. The largest absolute Gasteiger partial charge is 0.325 e. The minimum atomic E-state index is -0.629. The van der Waals surface area contributed by atoms with E-state index in [1.807, 2.05) is 30.3 Å². The minimum absolute atomic E-state index is 0.271. The lowest BCUT2D eigenvalue weighted by atomic mass is 10.1. The highest BCUT2D eigenvalue weighted by atomic mass is 35.5. The third kappa shape index (κ3) is 4.23. The molecule has 1 amide bonds. The van der Waals surface area contributed by atoms with Crippen molar-refractivity contribution in [2.75, 3.05) is 5.32 Å². The molecule has 0 bridgehead atoms. The van der Waals surface area contributed by atoms with Crippen LogP contribution >= 0.6 is 23.2 Å². The maximum absolute atomic E-state index is 12.0. The van der Waals surface area contributed by atoms with Crippen molar-refractivity contribution in [1.29, 1.82) is 0 Å². The van der Waals surface area contributed by atoms with Crippen LogP contribution < -0.4 is 11.1 Å². The molecule has 104 valence electrons. The van der Waals surface area contributed by atoms with Crippen molar-refractivity contribution in [2.24, 2.45) is 5.73 Å². The van der Waals surface area contributed by atoms with Crippen LogP contribution in [0.3, 0.4) is 0 Å². The normalized spacial score (nSPS) is 11.9. The van der Waals surface area contributed by atoms with Gasteiger partial charge in [-0.15, -0.1) is 0 Å². The number of rotatable bonds is 4. The fraction of sp³-hybridized carbons (Fsp3) is 0.133. The van der Waals surface area contributed by atoms with E-state index < -0.39 is 6.04 Å². The predicted molar refractivity (Wildman–Crippen MR) is 83.2 cm³/mol. The van der Waals surface area contributed by atoms with Crippen molar-refractivity contribution in [1.82, 2.24) is 0 Å². The van der Waals surface area contributed by atoms with Gasteiger partial charge in [-0.05, 0) is 30.2 Å². The van der Waals surface area contributed by atoms with Crippen LogP contribution in [-0.4, -0.2) is 11.9 Å². The molecule has 0 aliphatic rings. The molecule has 2 aromatic carbocycles. The maximum atomic E-state index is 12.0. The fourth-order valence-corrected chi connectivity index (χ4v) is 2.35. The molecule has 0 spiro atoms. The highest BCUT2D eigenvalue weighted by Crippen LogP contribution is 2.22. The lowest BCUT2D eigenvalue weighted by Crippen LogP contribution is -2.37. The van der Waals surface area contributed by atoms with Crippen LogP contribution in [0.15, 0.2) is 48.5 Å². The van der Waals surface area contributed by atoms with Crippen LogP contribution in [0.25, 0.3) is 0 Å². The molecule has 0 radical (unpaired) electrons. The van der Waals surface area contributed by atoms with E-state index in [9.17, 15) is 4.79 Å². The van der Waals surface area contributed by atoms with Crippen molar-refractivity contribution in [3.8, 4) is 0 Å². The van der Waals surface area contributed by atoms with Crippen molar-refractivity contribution in [3.63, 3.8) is 0 Å². The summed E-state index contributed by atoms with van der Waals surface area (Å²) >= 11 is 11.8. The summed E-state index contributed by atoms with van der Waals surface area (Å²) in [6, 6.07) is 13.8. The summed E-state index contributed by atoms with van der Waals surface area (Å²) in [7, 11) is 0. The van der Waals surface area contributed by atoms with Crippen LogP contribution in [0, 0.1) is 0 Å². The Morgan fingerprint density at radius 1 is 1.10 bits per heavy atom. The zero-order chi connectivity index (χ0) is 14.5. The van der Waals surface area contributed by atoms with Gasteiger partial charge in [-0.3, -0.25) is 4.79 Å². The molecule has 0 heterocycles. The standard InChI is InChI=1S/C15H14Cl2N2O/c16-11-7-12(17)9-13(8-11)19-15(20)14(18)6-10-4-2-1-3-5-10/h1-5,7-9,14H,6,18H2,(H,19,20)/t14-/m1/s1. The number of nitrogens with one attached hydrogen (secondary N) is 1. The predicted octanol–water partition coefficient (Wildman–Crippen LogP) is 3.50. The van der Waals surface area contributed by atoms with Gasteiger partial charge >= 0.3 is 0 Å². The third-order valence-electron chi connectivity index (χ3n) is 2.77. The molecule has 5 heteroatoms. The smallest absolute Gasteiger partial charge is 0.241 e. The van der Waals surface area contributed by atoms with Crippen LogP contribution in [0.1, 0.15) is 5.56 Å². The van der Waals surface area contributed by atoms with Crippen LogP contribution in [0.2, 0.25) is 10.0 Å². The number of carbonyl (C=O) groups is 1. The van der Waals surface area contributed by atoms with Crippen LogP contribution in [-0.2, 0) is 11.2 Å². The Labute approximate surface area is 127 Å². The summed E-state index contributed by atoms with van der Waals surface area (Å²) in [5, 5.41) is 3.64. The Kier molecular flexibility index (Phi) is 5.01. The Bertz CT molecular complexity index is 582. The Balaban J connectivity index is 2.00. The van der Waals surface area contributed by atoms with Crippen molar-refractivity contribution < 1.29 is 4.79 Å². The van der Waals surface area contributed by atoms with E-state index in [4.69, 9.17) is 28.9 Å². The number of anilines is 1. The number of benzene rings is 2. The number of carbonyl (C=O) groups excluding carboxylic acids is 1. The summed E-state index contributed by atoms with van der Waals surface area (Å²) in [4.78, 5) is 12.0. The molecule has 2 rings (SSSR count). The molecule has 0 aliphatic heterocycles. The lowest BCUT2D eigenvalue weighted by molar-refractivity contribution is -0.117. The Hall–Kier alpha value is -1.55. The summed E-state index contributed by atoms with van der Waals surface area (Å²) in [6.45, 7) is 0. The number of halogens is 2. The van der Waals surface area contributed by atoms with Crippen LogP contribution in [0.4, 0.5) is 5.69 Å². The molecule has 1 atom stereocenters. The first-order chi connectivity index (χ1) is 9.54. The van der Waals surface area contributed by atoms with Crippen molar-refractivity contribution >= 4 is 34.8 Å². The first-order valence-electron chi connectivity index (χ1n) is 6.11. The van der Waals surface area contributed by atoms with Crippen LogP contribution in [0.5, 0.6) is 0 Å². The monoisotopic (exact) mass is 308 g/mol. The van der Waals surface area contributed by atoms with Gasteiger partial charge in [0.2, 0.25) is 5.91 Å². The van der Waals surface area contributed by atoms with E-state index in [2.05, 4.69) is 5.32 Å². The second-order valence-electron chi connectivity index (χ2n) is 4.44. The summed E-state index contributed by atoms with van der Waals surface area (Å²) < 4.78 is 0. The molecule has 0 unspecified atom stereocenters. The molecule has 3 nitrogen and oxygen atoms in total. The van der Waals surface area contributed by atoms with Gasteiger partial charge in [-0.25, -0.2) is 0 Å². The van der Waals surface area contributed by atoms with Crippen molar-refractivity contribution in [3.05, 3.63) is 64.1 Å². The van der Waals surface area contributed by atoms with Gasteiger partial charge in [-0.1, -0.05) is 53.5 Å². The average Bonchev–Trinajstić information content (AvgIpc) is 2.38. The molecule has 0 saturated heterocycles. The molecule has 3 N–H and O–H groups in total. The van der Waals surface area contributed by atoms with E-state index in [-0.39, 0.29) is 5.91 Å². The van der Waals surface area contributed by atoms with E-state index in [1.165, 1.54) is 0 Å². The van der Waals surface area contributed by atoms with Gasteiger partial charge in [0, 0.05) is 15.7 Å². The van der Waals surface area contributed by atoms with E-state index in [1.54, 1.807) is 18.2 Å². The molecule has 0 aliphatic carbocycles. The molecule has 0 saturated carbocycles. The zero-order valence-corrected chi connectivity index (χ0v) is 12.2. The number of nitrogens with two attached hydrogens (primary N) is 1. The van der Waals surface area contributed by atoms with Gasteiger partial charge < -0.3 is 11.1 Å². The average molecular weight is 309 g/mol. The summed E-state index contributed by atoms with van der Waals surface area (Å²) in [5.41, 5.74) is 7.45. The first kappa shape index (κ1) is 14.9. The van der Waals surface area contributed by atoms with E-state index in [0.29, 0.717) is 22.2 Å². The van der Waals surface area contributed by atoms with Gasteiger partial charge in [-0.2, -0.15) is 0 Å². The van der Waals surface area contributed by atoms with E-state index >= 15 is 0 Å². The topological polar surface area (TPSA) is 55.1 Å². The number of amides is 1. The maximum Gasteiger partial charge on any atom is 0.241 e. The molecule has 20 heavy (non-hydrogen) atoms. The molecular weight excluding hydrogens is 295 g/mol. The summed E-state index contributed by atoms with van der Waals surface area (Å²) in [5.74, 6) is -0.271. The van der Waals surface area contributed by atoms with Gasteiger partial charge in [0.1, 0.15) is 0 Å². The van der Waals surface area contributed by atoms with Gasteiger partial charge in [0.05, 0.1) is 6.04 Å². The molecular formula is C15H14Cl2N2O. The number of hydrogen-bond acceptors (Lipinski definition) is 2. The quantitative estimate of drug-likeness (QED) is 0.908. The van der Waals surface area contributed by atoms with Gasteiger partial charge in [0.15, 0.2) is 0 Å². The Morgan fingerprint density at radius 2 is 1.70 bits per heavy atom. The lowest BCUT2D eigenvalue weighted by Gasteiger charge is -2.12. The minimum Gasteiger partial charge on any atom is -0.325 e. The molecule has 0 fully saturated rings. The fourth-order valence-electron chi connectivity index (χ4n) is 1.82. The SMILES string of the molecule is N[C@H](Cc1ccccc1)C(=O)Nc1cc(Cl)cc(Cl)c1. The Morgan fingerprint density at radius 3 is 2.30 bits per heavy atom. The third-order valence-corrected chi connectivity index (χ3v) is 3.20. The molecule has 2 aromatic rings. The van der Waals surface area contributed by atoms with Gasteiger partial charge in [0.25, 0.3) is 0 Å².